The number of nitrogens with zero attached hydrogens (tertiary/aromatic N) is 12. The average molecular weight is 1090 g/mol. The molecule has 74 heavy (non-hydrogen) atoms. The van der Waals surface area contributed by atoms with E-state index >= 15 is 0 Å². The third-order valence-electron chi connectivity index (χ3n) is 11.6. The number of thiazole rings is 2. The number of methoxy groups -OCH3 is 6. The molecule has 0 radical (unpaired) electrons. The normalized spacial score (nSPS) is 13.4. The molecule has 0 bridgehead atoms. The predicted octanol–water partition coefficient (Wildman–Crippen LogP) is 7.01. The molecule has 0 fully saturated rings. The Labute approximate surface area is 437 Å². The zero-order valence-electron chi connectivity index (χ0n) is 42.7. The topological polar surface area (TPSA) is 262 Å². The van der Waals surface area contributed by atoms with Crippen molar-refractivity contribution in [3.8, 4) is 56.0 Å². The van der Waals surface area contributed by atoms with Crippen LogP contribution in [-0.4, -0.2) is 129 Å². The highest BCUT2D eigenvalue weighted by atomic mass is 32.2. The smallest absolute Gasteiger partial charge is 0.197 e. The van der Waals surface area contributed by atoms with Gasteiger partial charge in [0.15, 0.2) is 64.6 Å². The fourth-order valence-corrected chi connectivity index (χ4v) is 12.1. The van der Waals surface area contributed by atoms with E-state index in [-0.39, 0.29) is 23.3 Å². The molecule has 0 aliphatic carbocycles. The lowest BCUT2D eigenvalue weighted by Gasteiger charge is -2.22. The van der Waals surface area contributed by atoms with Crippen LogP contribution in [0.4, 0.5) is 0 Å². The summed E-state index contributed by atoms with van der Waals surface area (Å²) in [6.45, 7) is 10.6. The lowest BCUT2D eigenvalue weighted by molar-refractivity contribution is 0.0947. The molecule has 0 aliphatic rings. The Morgan fingerprint density at radius 2 is 0.838 bits per heavy atom. The van der Waals surface area contributed by atoms with Crippen molar-refractivity contribution in [1.29, 1.82) is 0 Å². The third-order valence-corrected chi connectivity index (χ3v) is 17.6. The Balaban J connectivity index is 0.000000216. The molecule has 0 unspecified atom stereocenters. The molecule has 0 saturated heterocycles. The maximum atomic E-state index is 13.7. The number of rotatable bonds is 20. The molecule has 6 heterocycles. The number of ether oxygens (including phenoxy) is 6. The molecule has 0 amide bonds. The van der Waals surface area contributed by atoms with Crippen LogP contribution in [-0.2, 0) is 40.7 Å². The lowest BCUT2D eigenvalue weighted by atomic mass is 10.2. The lowest BCUT2D eigenvalue weighted by Crippen LogP contribution is -2.30. The number of aromatic nitrogens is 12. The van der Waals surface area contributed by atoms with Crippen molar-refractivity contribution in [2.24, 2.45) is 0 Å². The van der Waals surface area contributed by atoms with Crippen molar-refractivity contribution in [2.75, 3.05) is 42.7 Å². The molecule has 8 aromatic rings. The standard InChI is InChI=1S/2C24H28N6O5S2/c2*1-14-10-25-22(26-11-14)21(35-6)16(3)37(31,32)13-19-28-29-23(24-27-15(2)12-36-24)30(19)20-17(33-4)8-7-9-18(20)34-5/h2*7-12,16,21H,13H2,1-6H3/t2*16-,21-/m10/s1. The maximum absolute atomic E-state index is 13.7. The zero-order chi connectivity index (χ0) is 53.5. The van der Waals surface area contributed by atoms with Crippen LogP contribution in [0.15, 0.2) is 71.9 Å². The maximum Gasteiger partial charge on any atom is 0.197 e. The van der Waals surface area contributed by atoms with E-state index in [9.17, 15) is 16.8 Å². The molecule has 0 N–H and O–H groups in total. The van der Waals surface area contributed by atoms with Gasteiger partial charge in [-0.2, -0.15) is 0 Å². The van der Waals surface area contributed by atoms with Gasteiger partial charge < -0.3 is 28.4 Å². The highest BCUT2D eigenvalue weighted by molar-refractivity contribution is 7.91. The number of aryl methyl sites for hydroxylation is 4. The molecule has 26 heteroatoms. The highest BCUT2D eigenvalue weighted by Gasteiger charge is 2.37. The van der Waals surface area contributed by atoms with E-state index in [1.165, 1.54) is 65.3 Å². The Hall–Kier alpha value is -6.84. The van der Waals surface area contributed by atoms with E-state index in [1.807, 2.05) is 38.5 Å². The summed E-state index contributed by atoms with van der Waals surface area (Å²) < 4.78 is 91.5. The second kappa shape index (κ2) is 23.6. The first-order valence-corrected chi connectivity index (χ1v) is 27.8. The van der Waals surface area contributed by atoms with Crippen molar-refractivity contribution in [3.63, 3.8) is 0 Å². The summed E-state index contributed by atoms with van der Waals surface area (Å²) in [5.74, 6) is 2.67. The Kier molecular flexibility index (Phi) is 17.5. The van der Waals surface area contributed by atoms with Crippen molar-refractivity contribution in [3.05, 3.63) is 118 Å². The van der Waals surface area contributed by atoms with Gasteiger partial charge in [-0.25, -0.2) is 46.7 Å². The summed E-state index contributed by atoms with van der Waals surface area (Å²) in [6.07, 6.45) is 4.76. The van der Waals surface area contributed by atoms with Gasteiger partial charge in [0.25, 0.3) is 0 Å². The summed E-state index contributed by atoms with van der Waals surface area (Å²) in [5.41, 5.74) is 4.29. The molecule has 2 aromatic carbocycles. The van der Waals surface area contributed by atoms with Crippen LogP contribution in [0.1, 0.15) is 71.9 Å². The molecule has 4 atom stereocenters. The Morgan fingerprint density at radius 3 is 1.11 bits per heavy atom. The monoisotopic (exact) mass is 1090 g/mol. The van der Waals surface area contributed by atoms with Gasteiger partial charge in [0.2, 0.25) is 0 Å². The van der Waals surface area contributed by atoms with E-state index in [0.717, 1.165) is 22.5 Å². The van der Waals surface area contributed by atoms with Crippen LogP contribution >= 0.6 is 22.7 Å². The van der Waals surface area contributed by atoms with Gasteiger partial charge in [0.05, 0.1) is 38.9 Å². The molecular weight excluding hydrogens is 1030 g/mol. The van der Waals surface area contributed by atoms with Crippen LogP contribution in [0.2, 0.25) is 0 Å². The predicted molar refractivity (Wildman–Crippen MR) is 278 cm³/mol. The summed E-state index contributed by atoms with van der Waals surface area (Å²) in [4.78, 5) is 26.2. The first-order chi connectivity index (χ1) is 35.4. The van der Waals surface area contributed by atoms with Crippen molar-refractivity contribution in [2.45, 2.75) is 75.8 Å². The number of para-hydroxylation sites is 2. The van der Waals surface area contributed by atoms with Crippen LogP contribution < -0.4 is 18.9 Å². The number of benzene rings is 2. The van der Waals surface area contributed by atoms with Gasteiger partial charge in [-0.3, -0.25) is 9.13 Å². The Bertz CT molecular complexity index is 3150. The summed E-state index contributed by atoms with van der Waals surface area (Å²) >= 11 is 2.76. The van der Waals surface area contributed by atoms with Gasteiger partial charge in [-0.05, 0) is 76.9 Å². The van der Waals surface area contributed by atoms with E-state index in [1.54, 1.807) is 84.2 Å². The van der Waals surface area contributed by atoms with Gasteiger partial charge in [0.1, 0.15) is 58.1 Å². The highest BCUT2D eigenvalue weighted by Crippen LogP contribution is 2.40. The van der Waals surface area contributed by atoms with Crippen LogP contribution in [0.5, 0.6) is 23.0 Å². The zero-order valence-corrected chi connectivity index (χ0v) is 46.0. The quantitative estimate of drug-likeness (QED) is 0.0743. The summed E-state index contributed by atoms with van der Waals surface area (Å²) in [7, 11) is 1.29. The van der Waals surface area contributed by atoms with E-state index in [4.69, 9.17) is 28.4 Å². The second-order valence-electron chi connectivity index (χ2n) is 16.7. The minimum absolute atomic E-state index is 0.178. The first kappa shape index (κ1) is 54.9. The molecule has 22 nitrogen and oxygen atoms in total. The second-order valence-corrected chi connectivity index (χ2v) is 23.2. The number of hydrogen-bond donors (Lipinski definition) is 0. The minimum atomic E-state index is -3.84. The van der Waals surface area contributed by atoms with Crippen molar-refractivity contribution >= 4 is 42.3 Å². The van der Waals surface area contributed by atoms with Crippen LogP contribution in [0, 0.1) is 27.7 Å². The van der Waals surface area contributed by atoms with E-state index in [0.29, 0.717) is 56.0 Å². The van der Waals surface area contributed by atoms with Crippen molar-refractivity contribution in [1.82, 2.24) is 59.4 Å². The molecule has 6 aromatic heterocycles. The first-order valence-electron chi connectivity index (χ1n) is 22.6. The van der Waals surface area contributed by atoms with Gasteiger partial charge in [0, 0.05) is 61.2 Å². The van der Waals surface area contributed by atoms with Crippen LogP contribution in [0.25, 0.3) is 33.0 Å². The SMILES string of the molecule is COc1cccc(OC)c1-n1c(CS(=O)(=O)[C@@H](C)[C@H](OC)c2ncc(C)cn2)nnc1-c1nc(C)cs1.COc1cccc(OC)c1-n1c(CS(=O)(=O)[C@H](C)[C@@H](OC)c2ncc(C)cn2)nnc1-c1nc(C)cs1. The largest absolute Gasteiger partial charge is 0.494 e. The number of hydrogen-bond acceptors (Lipinski definition) is 22. The van der Waals surface area contributed by atoms with E-state index in [2.05, 4.69) is 50.3 Å². The van der Waals surface area contributed by atoms with Gasteiger partial charge in [-0.15, -0.1) is 43.1 Å². The molecule has 8 rings (SSSR count). The fraction of sp³-hybridized carbons (Fsp3) is 0.375. The third kappa shape index (κ3) is 11.7. The molecule has 0 saturated carbocycles. The minimum Gasteiger partial charge on any atom is -0.494 e. The fourth-order valence-electron chi connectivity index (χ4n) is 7.70. The molecular formula is C48H56N12O10S4. The van der Waals surface area contributed by atoms with Gasteiger partial charge in [-0.1, -0.05) is 12.1 Å². The summed E-state index contributed by atoms with van der Waals surface area (Å²) in [5, 5.41) is 20.2. The number of sulfone groups is 2. The molecule has 0 spiro atoms. The molecule has 392 valence electrons. The molecule has 0 aliphatic heterocycles. The Morgan fingerprint density at radius 1 is 0.514 bits per heavy atom. The average Bonchev–Trinajstić information content (AvgIpc) is 4.22. The van der Waals surface area contributed by atoms with E-state index < -0.39 is 53.9 Å². The van der Waals surface area contributed by atoms with Crippen LogP contribution in [0.3, 0.4) is 0 Å². The summed E-state index contributed by atoms with van der Waals surface area (Å²) in [6, 6.07) is 10.6. The van der Waals surface area contributed by atoms with Gasteiger partial charge >= 0.3 is 0 Å². The van der Waals surface area contributed by atoms with Crippen molar-refractivity contribution < 1.29 is 45.3 Å².